The molecule has 1 aromatic carbocycles. The second-order valence-corrected chi connectivity index (χ2v) is 6.55. The number of nitrogens with zero attached hydrogens (tertiary/aromatic N) is 1. The van der Waals surface area contributed by atoms with Crippen molar-refractivity contribution in [3.63, 3.8) is 0 Å². The van der Waals surface area contributed by atoms with E-state index >= 15 is 0 Å². The van der Waals surface area contributed by atoms with Crippen molar-refractivity contribution in [1.82, 2.24) is 10.2 Å². The first-order valence-electron chi connectivity index (χ1n) is 7.35. The van der Waals surface area contributed by atoms with Gasteiger partial charge in [0.2, 0.25) is 11.8 Å². The second-order valence-electron chi connectivity index (χ2n) is 5.89. The monoisotopic (exact) mass is 306 g/mol. The minimum absolute atomic E-state index is 0.108. The van der Waals surface area contributed by atoms with Crippen LogP contribution in [0.2, 0.25) is 0 Å². The van der Waals surface area contributed by atoms with Crippen molar-refractivity contribution in [2.45, 2.75) is 43.1 Å². The standard InChI is InChI=1S/C16H19ClN2O2/c1-10(17)16(21)18-12-7-15(20)19(9-12)14-8-13(14)11-5-3-2-4-6-11/h2-6,10,12-14H,7-9H2,1H3,(H,18,21). The minimum atomic E-state index is -0.563. The van der Waals surface area contributed by atoms with Crippen LogP contribution in [0.4, 0.5) is 0 Å². The van der Waals surface area contributed by atoms with E-state index in [1.807, 2.05) is 23.1 Å². The Labute approximate surface area is 129 Å². The number of likely N-dealkylation sites (tertiary alicyclic amines) is 1. The van der Waals surface area contributed by atoms with Crippen LogP contribution < -0.4 is 5.32 Å². The minimum Gasteiger partial charge on any atom is -0.350 e. The summed E-state index contributed by atoms with van der Waals surface area (Å²) in [6.45, 7) is 2.24. The second kappa shape index (κ2) is 5.68. The number of carbonyl (C=O) groups is 2. The number of benzene rings is 1. The van der Waals surface area contributed by atoms with Crippen LogP contribution in [0.5, 0.6) is 0 Å². The number of alkyl halides is 1. The van der Waals surface area contributed by atoms with E-state index in [4.69, 9.17) is 11.6 Å². The maximum Gasteiger partial charge on any atom is 0.238 e. The normalized spacial score (nSPS) is 29.3. The quantitative estimate of drug-likeness (QED) is 0.864. The average Bonchev–Trinajstić information content (AvgIpc) is 3.18. The van der Waals surface area contributed by atoms with Gasteiger partial charge in [-0.05, 0) is 18.9 Å². The first-order chi connectivity index (χ1) is 10.1. The van der Waals surface area contributed by atoms with Gasteiger partial charge in [-0.25, -0.2) is 0 Å². The summed E-state index contributed by atoms with van der Waals surface area (Å²) in [6.07, 6.45) is 1.40. The zero-order valence-electron chi connectivity index (χ0n) is 12.0. The maximum atomic E-state index is 12.1. The summed E-state index contributed by atoms with van der Waals surface area (Å²) in [6, 6.07) is 10.5. The molecule has 1 saturated carbocycles. The highest BCUT2D eigenvalue weighted by Crippen LogP contribution is 2.45. The lowest BCUT2D eigenvalue weighted by Crippen LogP contribution is -2.40. The SMILES string of the molecule is CC(Cl)C(=O)NC1CC(=O)N(C2CC2c2ccccc2)C1. The number of halogens is 1. The van der Waals surface area contributed by atoms with Crippen LogP contribution >= 0.6 is 11.6 Å². The van der Waals surface area contributed by atoms with E-state index in [1.165, 1.54) is 5.56 Å². The van der Waals surface area contributed by atoms with E-state index in [1.54, 1.807) is 6.92 Å². The summed E-state index contributed by atoms with van der Waals surface area (Å²) in [5, 5.41) is 2.28. The van der Waals surface area contributed by atoms with E-state index in [-0.39, 0.29) is 23.9 Å². The van der Waals surface area contributed by atoms with Crippen LogP contribution in [-0.4, -0.2) is 40.7 Å². The van der Waals surface area contributed by atoms with Crippen molar-refractivity contribution in [3.8, 4) is 0 Å². The Kier molecular flexibility index (Phi) is 3.89. The molecule has 2 fully saturated rings. The molecule has 0 spiro atoms. The Morgan fingerprint density at radius 2 is 2.10 bits per heavy atom. The molecule has 1 heterocycles. The van der Waals surface area contributed by atoms with Crippen molar-refractivity contribution in [3.05, 3.63) is 35.9 Å². The van der Waals surface area contributed by atoms with Gasteiger partial charge < -0.3 is 10.2 Å². The van der Waals surface area contributed by atoms with Crippen molar-refractivity contribution in [2.75, 3.05) is 6.54 Å². The molecule has 3 rings (SSSR count). The molecule has 1 saturated heterocycles. The van der Waals surface area contributed by atoms with Gasteiger partial charge >= 0.3 is 0 Å². The number of nitrogens with one attached hydrogen (secondary N) is 1. The smallest absolute Gasteiger partial charge is 0.238 e. The summed E-state index contributed by atoms with van der Waals surface area (Å²) in [4.78, 5) is 25.7. The fourth-order valence-electron chi connectivity index (χ4n) is 3.05. The van der Waals surface area contributed by atoms with E-state index in [2.05, 4.69) is 17.4 Å². The lowest BCUT2D eigenvalue weighted by atomic mass is 10.1. The van der Waals surface area contributed by atoms with Gasteiger partial charge in [0.25, 0.3) is 0 Å². The van der Waals surface area contributed by atoms with Gasteiger partial charge in [-0.2, -0.15) is 0 Å². The highest BCUT2D eigenvalue weighted by Gasteiger charge is 2.47. The molecule has 4 unspecified atom stereocenters. The van der Waals surface area contributed by atoms with Crippen LogP contribution in [0.1, 0.15) is 31.2 Å². The molecule has 21 heavy (non-hydrogen) atoms. The number of carbonyl (C=O) groups excluding carboxylic acids is 2. The third-order valence-electron chi connectivity index (χ3n) is 4.25. The predicted octanol–water partition coefficient (Wildman–Crippen LogP) is 1.89. The number of rotatable bonds is 4. The van der Waals surface area contributed by atoms with Gasteiger partial charge in [-0.3, -0.25) is 9.59 Å². The summed E-state index contributed by atoms with van der Waals surface area (Å²) in [7, 11) is 0. The molecule has 1 N–H and O–H groups in total. The van der Waals surface area contributed by atoms with E-state index in [9.17, 15) is 9.59 Å². The third-order valence-corrected chi connectivity index (χ3v) is 4.45. The number of hydrogen-bond donors (Lipinski definition) is 1. The Morgan fingerprint density at radius 1 is 1.38 bits per heavy atom. The van der Waals surface area contributed by atoms with Gasteiger partial charge in [-0.15, -0.1) is 11.6 Å². The fourth-order valence-corrected chi connectivity index (χ4v) is 3.11. The van der Waals surface area contributed by atoms with E-state index < -0.39 is 5.38 Å². The molecule has 5 heteroatoms. The van der Waals surface area contributed by atoms with Crippen molar-refractivity contribution in [1.29, 1.82) is 0 Å². The zero-order valence-corrected chi connectivity index (χ0v) is 12.7. The van der Waals surface area contributed by atoms with Gasteiger partial charge in [0.1, 0.15) is 5.38 Å². The van der Waals surface area contributed by atoms with Crippen LogP contribution in [-0.2, 0) is 9.59 Å². The van der Waals surface area contributed by atoms with Crippen molar-refractivity contribution < 1.29 is 9.59 Å². The Hall–Kier alpha value is -1.55. The van der Waals surface area contributed by atoms with Crippen molar-refractivity contribution in [2.24, 2.45) is 0 Å². The topological polar surface area (TPSA) is 49.4 Å². The third kappa shape index (κ3) is 3.05. The fraction of sp³-hybridized carbons (Fsp3) is 0.500. The van der Waals surface area contributed by atoms with Crippen LogP contribution in [0.3, 0.4) is 0 Å². The largest absolute Gasteiger partial charge is 0.350 e. The molecule has 4 atom stereocenters. The molecule has 2 amide bonds. The Morgan fingerprint density at radius 3 is 2.76 bits per heavy atom. The Bertz CT molecular complexity index is 546. The lowest BCUT2D eigenvalue weighted by molar-refractivity contribution is -0.128. The molecular formula is C16H19ClN2O2. The number of hydrogen-bond acceptors (Lipinski definition) is 2. The van der Waals surface area contributed by atoms with Crippen LogP contribution in [0.25, 0.3) is 0 Å². The molecule has 1 aliphatic heterocycles. The molecule has 0 radical (unpaired) electrons. The first kappa shape index (κ1) is 14.4. The molecule has 1 aromatic rings. The number of amides is 2. The summed E-state index contributed by atoms with van der Waals surface area (Å²) < 4.78 is 0. The van der Waals surface area contributed by atoms with Gasteiger partial charge in [0.15, 0.2) is 0 Å². The van der Waals surface area contributed by atoms with Gasteiger partial charge in [0, 0.05) is 24.9 Å². The van der Waals surface area contributed by atoms with E-state index in [0.29, 0.717) is 18.9 Å². The van der Waals surface area contributed by atoms with E-state index in [0.717, 1.165) is 6.42 Å². The summed E-state index contributed by atoms with van der Waals surface area (Å²) in [5.74, 6) is 0.370. The highest BCUT2D eigenvalue weighted by atomic mass is 35.5. The van der Waals surface area contributed by atoms with Gasteiger partial charge in [0.05, 0.1) is 6.04 Å². The highest BCUT2D eigenvalue weighted by molar-refractivity contribution is 6.30. The average molecular weight is 307 g/mol. The van der Waals surface area contributed by atoms with Gasteiger partial charge in [-0.1, -0.05) is 30.3 Å². The summed E-state index contributed by atoms with van der Waals surface area (Å²) >= 11 is 5.75. The van der Waals surface area contributed by atoms with Crippen LogP contribution in [0.15, 0.2) is 30.3 Å². The maximum absolute atomic E-state index is 12.1. The van der Waals surface area contributed by atoms with Crippen LogP contribution in [0, 0.1) is 0 Å². The lowest BCUT2D eigenvalue weighted by Gasteiger charge is -2.18. The molecule has 1 aliphatic carbocycles. The molecule has 2 aliphatic rings. The summed E-state index contributed by atoms with van der Waals surface area (Å²) in [5.41, 5.74) is 1.29. The molecule has 112 valence electrons. The molecule has 0 bridgehead atoms. The van der Waals surface area contributed by atoms with Crippen molar-refractivity contribution >= 4 is 23.4 Å². The molecule has 4 nitrogen and oxygen atoms in total. The first-order valence-corrected chi connectivity index (χ1v) is 7.78. The zero-order chi connectivity index (χ0) is 15.0. The molecule has 0 aromatic heterocycles. The predicted molar refractivity (Wildman–Crippen MR) is 81.2 cm³/mol. The Balaban J connectivity index is 1.59. The molecular weight excluding hydrogens is 288 g/mol.